The first-order valence-corrected chi connectivity index (χ1v) is 12.5. The number of halogens is 1. The Hall–Kier alpha value is -2.44. The van der Waals surface area contributed by atoms with Crippen molar-refractivity contribution in [3.63, 3.8) is 0 Å². The summed E-state index contributed by atoms with van der Waals surface area (Å²) in [6, 6.07) is 3.38. The van der Waals surface area contributed by atoms with Crippen LogP contribution < -0.4 is 10.2 Å². The van der Waals surface area contributed by atoms with Crippen LogP contribution in [-0.2, 0) is 24.5 Å². The summed E-state index contributed by atoms with van der Waals surface area (Å²) in [5.74, 6) is -0.693. The van der Waals surface area contributed by atoms with Gasteiger partial charge in [0.2, 0.25) is 11.8 Å². The fourth-order valence-electron chi connectivity index (χ4n) is 5.15. The van der Waals surface area contributed by atoms with Gasteiger partial charge in [0.1, 0.15) is 18.0 Å². The maximum atomic E-state index is 15.4. The predicted molar refractivity (Wildman–Crippen MR) is 128 cm³/mol. The number of nitrogens with zero attached hydrogens (tertiary/aromatic N) is 1. The van der Waals surface area contributed by atoms with Crippen molar-refractivity contribution in [2.24, 2.45) is 11.8 Å². The van der Waals surface area contributed by atoms with Crippen molar-refractivity contribution in [1.82, 2.24) is 5.32 Å². The lowest BCUT2D eigenvalue weighted by molar-refractivity contribution is -0.156. The average molecular weight is 473 g/mol. The SMILES string of the molecule is C[C@@H](CC(=O)OC(C)(C)C)C(NC(=O)CN1C(=O)C(C)(C)c2c1ccc(C1CC1)c2F)C1CC1. The Balaban J connectivity index is 1.46. The fourth-order valence-corrected chi connectivity index (χ4v) is 5.15. The van der Waals surface area contributed by atoms with Gasteiger partial charge >= 0.3 is 5.97 Å². The van der Waals surface area contributed by atoms with Crippen LogP contribution >= 0.6 is 0 Å². The second-order valence-electron chi connectivity index (χ2n) is 11.9. The molecule has 1 aliphatic heterocycles. The van der Waals surface area contributed by atoms with E-state index >= 15 is 4.39 Å². The van der Waals surface area contributed by atoms with Crippen LogP contribution in [0.25, 0.3) is 0 Å². The van der Waals surface area contributed by atoms with E-state index in [9.17, 15) is 14.4 Å². The number of rotatable bonds is 8. The summed E-state index contributed by atoms with van der Waals surface area (Å²) in [6.45, 7) is 10.7. The van der Waals surface area contributed by atoms with Crippen LogP contribution in [0.3, 0.4) is 0 Å². The molecule has 2 saturated carbocycles. The van der Waals surface area contributed by atoms with E-state index in [4.69, 9.17) is 4.74 Å². The minimum atomic E-state index is -1.02. The highest BCUT2D eigenvalue weighted by atomic mass is 19.1. The third-order valence-corrected chi connectivity index (χ3v) is 7.14. The van der Waals surface area contributed by atoms with Gasteiger partial charge in [-0.15, -0.1) is 0 Å². The van der Waals surface area contributed by atoms with Crippen LogP contribution in [0.4, 0.5) is 10.1 Å². The van der Waals surface area contributed by atoms with Gasteiger partial charge in [-0.2, -0.15) is 0 Å². The molecule has 3 aliphatic rings. The molecule has 2 amide bonds. The Labute approximate surface area is 201 Å². The first kappa shape index (κ1) is 24.7. The van der Waals surface area contributed by atoms with Crippen LogP contribution in [0.1, 0.15) is 90.7 Å². The Morgan fingerprint density at radius 1 is 1.21 bits per heavy atom. The first-order chi connectivity index (χ1) is 15.8. The van der Waals surface area contributed by atoms with Crippen molar-refractivity contribution in [2.45, 2.75) is 96.6 Å². The molecule has 1 unspecified atom stereocenters. The maximum absolute atomic E-state index is 15.4. The van der Waals surface area contributed by atoms with Gasteiger partial charge in [-0.1, -0.05) is 13.0 Å². The van der Waals surface area contributed by atoms with Crippen molar-refractivity contribution in [3.8, 4) is 0 Å². The average Bonchev–Trinajstić information content (AvgIpc) is 3.60. The van der Waals surface area contributed by atoms with Gasteiger partial charge in [0.05, 0.1) is 17.5 Å². The number of ether oxygens (including phenoxy) is 1. The molecule has 0 bridgehead atoms. The van der Waals surface area contributed by atoms with Crippen molar-refractivity contribution in [3.05, 3.63) is 29.1 Å². The second-order valence-corrected chi connectivity index (χ2v) is 11.9. The zero-order chi connectivity index (χ0) is 25.0. The van der Waals surface area contributed by atoms with Gasteiger partial charge in [0, 0.05) is 11.6 Å². The molecular weight excluding hydrogens is 435 g/mol. The van der Waals surface area contributed by atoms with E-state index in [1.54, 1.807) is 26.0 Å². The van der Waals surface area contributed by atoms with Gasteiger partial charge in [0.25, 0.3) is 0 Å². The molecule has 2 atom stereocenters. The summed E-state index contributed by atoms with van der Waals surface area (Å²) in [6.07, 6.45) is 4.15. The molecule has 4 rings (SSSR count). The summed E-state index contributed by atoms with van der Waals surface area (Å²) in [5.41, 5.74) is -0.0239. The molecule has 1 N–H and O–H groups in total. The summed E-state index contributed by atoms with van der Waals surface area (Å²) in [4.78, 5) is 40.0. The topological polar surface area (TPSA) is 75.7 Å². The van der Waals surface area contributed by atoms with Crippen molar-refractivity contribution in [1.29, 1.82) is 0 Å². The van der Waals surface area contributed by atoms with Gasteiger partial charge in [-0.25, -0.2) is 4.39 Å². The molecule has 2 aliphatic carbocycles. The molecule has 1 aromatic rings. The third kappa shape index (κ3) is 4.98. The molecule has 34 heavy (non-hydrogen) atoms. The maximum Gasteiger partial charge on any atom is 0.306 e. The number of esters is 1. The van der Waals surface area contributed by atoms with Gasteiger partial charge in [0.15, 0.2) is 0 Å². The molecule has 7 heteroatoms. The van der Waals surface area contributed by atoms with Crippen molar-refractivity contribution >= 4 is 23.5 Å². The highest BCUT2D eigenvalue weighted by Gasteiger charge is 2.48. The number of nitrogens with one attached hydrogen (secondary N) is 1. The highest BCUT2D eigenvalue weighted by molar-refractivity contribution is 6.10. The van der Waals surface area contributed by atoms with Crippen LogP contribution in [0.2, 0.25) is 0 Å². The summed E-state index contributed by atoms with van der Waals surface area (Å²) >= 11 is 0. The summed E-state index contributed by atoms with van der Waals surface area (Å²) in [7, 11) is 0. The number of fused-ring (bicyclic) bond motifs is 1. The summed E-state index contributed by atoms with van der Waals surface area (Å²) < 4.78 is 20.8. The highest BCUT2D eigenvalue weighted by Crippen LogP contribution is 2.49. The zero-order valence-corrected chi connectivity index (χ0v) is 21.2. The molecule has 1 aromatic carbocycles. The van der Waals surface area contributed by atoms with E-state index in [0.717, 1.165) is 25.7 Å². The number of amides is 2. The minimum absolute atomic E-state index is 0.0946. The molecule has 6 nitrogen and oxygen atoms in total. The van der Waals surface area contributed by atoms with Gasteiger partial charge in [-0.05, 0) is 89.7 Å². The Kier molecular flexibility index (Phi) is 6.28. The van der Waals surface area contributed by atoms with E-state index in [-0.39, 0.29) is 54.4 Å². The fraction of sp³-hybridized carbons (Fsp3) is 0.667. The quantitative estimate of drug-likeness (QED) is 0.562. The van der Waals surface area contributed by atoms with Crippen LogP contribution in [-0.4, -0.2) is 36.0 Å². The second kappa shape index (κ2) is 8.65. The standard InChI is InChI=1S/C27H37FN2O4/c1-15(13-21(32)34-26(2,3)4)24(17-9-10-17)29-20(31)14-30-19-12-11-18(16-7-8-16)23(28)22(19)27(5,6)25(30)33/h11-12,15-17,24H,7-10,13-14H2,1-6H3,(H,29,31)/t15-,24?/m0/s1. The smallest absolute Gasteiger partial charge is 0.306 e. The Morgan fingerprint density at radius 3 is 2.41 bits per heavy atom. The number of carbonyl (C=O) groups is 3. The molecule has 0 aromatic heterocycles. The molecule has 1 heterocycles. The van der Waals surface area contributed by atoms with Crippen molar-refractivity contribution in [2.75, 3.05) is 11.4 Å². The lowest BCUT2D eigenvalue weighted by Gasteiger charge is -2.28. The van der Waals surface area contributed by atoms with Gasteiger partial charge < -0.3 is 15.0 Å². The number of hydrogen-bond acceptors (Lipinski definition) is 4. The van der Waals surface area contributed by atoms with Gasteiger partial charge in [-0.3, -0.25) is 14.4 Å². The monoisotopic (exact) mass is 472 g/mol. The Morgan fingerprint density at radius 2 is 1.85 bits per heavy atom. The number of hydrogen-bond donors (Lipinski definition) is 1. The van der Waals surface area contributed by atoms with E-state index in [2.05, 4.69) is 5.32 Å². The molecular formula is C27H37FN2O4. The van der Waals surface area contributed by atoms with E-state index in [0.29, 0.717) is 22.7 Å². The predicted octanol–water partition coefficient (Wildman–Crippen LogP) is 4.59. The molecule has 0 radical (unpaired) electrons. The number of carbonyl (C=O) groups excluding carboxylic acids is 3. The molecule has 2 fully saturated rings. The summed E-state index contributed by atoms with van der Waals surface area (Å²) in [5, 5.41) is 3.07. The van der Waals surface area contributed by atoms with Crippen LogP contribution in [0, 0.1) is 17.7 Å². The third-order valence-electron chi connectivity index (χ3n) is 7.14. The minimum Gasteiger partial charge on any atom is -0.460 e. The molecule has 0 spiro atoms. The van der Waals surface area contributed by atoms with E-state index < -0.39 is 11.0 Å². The lowest BCUT2D eigenvalue weighted by Crippen LogP contribution is -2.48. The lowest BCUT2D eigenvalue weighted by atomic mass is 9.84. The number of anilines is 1. The Bertz CT molecular complexity index is 1000. The zero-order valence-electron chi connectivity index (χ0n) is 21.2. The number of benzene rings is 1. The normalized spacial score (nSPS) is 21.1. The van der Waals surface area contributed by atoms with Crippen LogP contribution in [0.15, 0.2) is 12.1 Å². The van der Waals surface area contributed by atoms with Crippen LogP contribution in [0.5, 0.6) is 0 Å². The molecule has 0 saturated heterocycles. The van der Waals surface area contributed by atoms with Crippen molar-refractivity contribution < 1.29 is 23.5 Å². The van der Waals surface area contributed by atoms with E-state index in [1.165, 1.54) is 4.90 Å². The van der Waals surface area contributed by atoms with E-state index in [1.807, 2.05) is 27.7 Å². The largest absolute Gasteiger partial charge is 0.460 e. The molecule has 186 valence electrons. The first-order valence-electron chi connectivity index (χ1n) is 12.5.